The number of unbranched alkanes of at least 4 members (excludes halogenated alkanes) is 46. The third-order valence-electron chi connectivity index (χ3n) is 15.1. The van der Waals surface area contributed by atoms with Gasteiger partial charge in [-0.05, 0) is 51.4 Å². The zero-order valence-electron chi connectivity index (χ0n) is 47.3. The molecule has 0 aromatic carbocycles. The Bertz CT molecular complexity index is 1060. The van der Waals surface area contributed by atoms with Crippen molar-refractivity contribution in [2.75, 3.05) is 6.61 Å². The van der Waals surface area contributed by atoms with Gasteiger partial charge >= 0.3 is 0 Å². The van der Waals surface area contributed by atoms with Gasteiger partial charge in [0.25, 0.3) is 0 Å². The van der Waals surface area contributed by atoms with E-state index < -0.39 is 36.9 Å². The highest BCUT2D eigenvalue weighted by atomic mass is 16.3. The van der Waals surface area contributed by atoms with Crippen LogP contribution in [0.5, 0.6) is 0 Å². The third kappa shape index (κ3) is 51.7. The lowest BCUT2D eigenvalue weighted by atomic mass is 10.00. The van der Waals surface area contributed by atoms with Crippen LogP contribution in [0.1, 0.15) is 348 Å². The van der Waals surface area contributed by atoms with Gasteiger partial charge in [-0.1, -0.05) is 321 Å². The molecule has 6 nitrogen and oxygen atoms in total. The normalized spacial score (nSPS) is 13.7. The van der Waals surface area contributed by atoms with Gasteiger partial charge in [-0.25, -0.2) is 0 Å². The average Bonchev–Trinajstić information content (AvgIpc) is 3.36. The summed E-state index contributed by atoms with van der Waals surface area (Å²) in [6.07, 6.45) is 73.0. The largest absolute Gasteiger partial charge is 0.394 e. The zero-order valence-corrected chi connectivity index (χ0v) is 47.3. The van der Waals surface area contributed by atoms with E-state index in [1.807, 2.05) is 0 Å². The highest BCUT2D eigenvalue weighted by Gasteiger charge is 2.28. The first-order chi connectivity index (χ1) is 34.5. The summed E-state index contributed by atoms with van der Waals surface area (Å²) < 4.78 is 0. The first-order valence-corrected chi connectivity index (χ1v) is 31.7. The van der Waals surface area contributed by atoms with Crippen molar-refractivity contribution in [1.29, 1.82) is 0 Å². The molecule has 0 bridgehead atoms. The van der Waals surface area contributed by atoms with Crippen LogP contribution in [0, 0.1) is 0 Å². The second-order valence-corrected chi connectivity index (χ2v) is 22.1. The standard InChI is InChI=1S/C64H125NO5/c1-3-5-7-9-11-13-15-17-19-21-22-23-24-25-26-27-28-29-30-31-32-33-34-35-36-37-38-39-40-41-42-44-46-48-50-52-54-56-58-62(68)64(70)65-60(59-66)63(69)61(67)57-55-53-51-49-47-45-43-20-18-16-14-12-10-8-6-4-2/h20,43,49,51,60-63,66-69H,3-19,21-42,44-48,50,52-59H2,1-2H3,(H,65,70)/b43-20+,51-49+. The van der Waals surface area contributed by atoms with E-state index in [1.165, 1.54) is 276 Å². The Morgan fingerprint density at radius 3 is 0.900 bits per heavy atom. The van der Waals surface area contributed by atoms with E-state index in [4.69, 9.17) is 0 Å². The predicted molar refractivity (Wildman–Crippen MR) is 307 cm³/mol. The first-order valence-electron chi connectivity index (χ1n) is 31.7. The average molecular weight is 989 g/mol. The van der Waals surface area contributed by atoms with Crippen molar-refractivity contribution in [1.82, 2.24) is 5.32 Å². The van der Waals surface area contributed by atoms with E-state index in [0.29, 0.717) is 19.3 Å². The van der Waals surface area contributed by atoms with Gasteiger partial charge in [-0.3, -0.25) is 4.79 Å². The molecule has 4 atom stereocenters. The van der Waals surface area contributed by atoms with Crippen molar-refractivity contribution in [3.8, 4) is 0 Å². The molecular weight excluding hydrogens is 863 g/mol. The molecule has 0 aliphatic carbocycles. The van der Waals surface area contributed by atoms with Crippen LogP contribution < -0.4 is 5.32 Å². The second-order valence-electron chi connectivity index (χ2n) is 22.1. The van der Waals surface area contributed by atoms with Crippen molar-refractivity contribution >= 4 is 5.91 Å². The minimum Gasteiger partial charge on any atom is -0.394 e. The van der Waals surface area contributed by atoms with Crippen molar-refractivity contribution in [2.24, 2.45) is 0 Å². The van der Waals surface area contributed by atoms with Crippen LogP contribution in [0.3, 0.4) is 0 Å². The summed E-state index contributed by atoms with van der Waals surface area (Å²) in [6, 6.07) is -1.01. The Hall–Kier alpha value is -1.21. The van der Waals surface area contributed by atoms with Crippen LogP contribution in [-0.2, 0) is 4.79 Å². The van der Waals surface area contributed by atoms with Gasteiger partial charge < -0.3 is 25.7 Å². The lowest BCUT2D eigenvalue weighted by Gasteiger charge is -2.27. The Morgan fingerprint density at radius 2 is 0.600 bits per heavy atom. The zero-order chi connectivity index (χ0) is 50.9. The molecule has 0 aromatic rings. The van der Waals surface area contributed by atoms with Gasteiger partial charge in [0.1, 0.15) is 12.2 Å². The van der Waals surface area contributed by atoms with Gasteiger partial charge in [0.2, 0.25) is 5.91 Å². The summed E-state index contributed by atoms with van der Waals surface area (Å²) in [6.45, 7) is 4.07. The lowest BCUT2D eigenvalue weighted by Crippen LogP contribution is -2.53. The summed E-state index contributed by atoms with van der Waals surface area (Å²) in [5, 5.41) is 43.9. The fourth-order valence-corrected chi connectivity index (χ4v) is 10.2. The monoisotopic (exact) mass is 988 g/mol. The Kier molecular flexibility index (Phi) is 57.7. The summed E-state index contributed by atoms with van der Waals surface area (Å²) in [7, 11) is 0. The number of allylic oxidation sites excluding steroid dienone is 4. The number of carbonyl (C=O) groups is 1. The van der Waals surface area contributed by atoms with Crippen LogP contribution in [0.2, 0.25) is 0 Å². The topological polar surface area (TPSA) is 110 Å². The fourth-order valence-electron chi connectivity index (χ4n) is 10.2. The Morgan fingerprint density at radius 1 is 0.343 bits per heavy atom. The Labute approximate surface area is 437 Å². The second kappa shape index (κ2) is 58.7. The molecule has 0 heterocycles. The minimum atomic E-state index is -1.29. The summed E-state index contributed by atoms with van der Waals surface area (Å²) >= 11 is 0. The van der Waals surface area contributed by atoms with Gasteiger partial charge in [-0.2, -0.15) is 0 Å². The van der Waals surface area contributed by atoms with E-state index >= 15 is 0 Å². The van der Waals surface area contributed by atoms with Crippen LogP contribution in [-0.4, -0.2) is 57.3 Å². The maximum Gasteiger partial charge on any atom is 0.249 e. The molecule has 0 saturated heterocycles. The van der Waals surface area contributed by atoms with E-state index in [0.717, 1.165) is 38.5 Å². The highest BCUT2D eigenvalue weighted by molar-refractivity contribution is 5.80. The highest BCUT2D eigenvalue weighted by Crippen LogP contribution is 2.19. The molecule has 0 aliphatic heterocycles. The fraction of sp³-hybridized carbons (Fsp3) is 0.922. The molecule has 6 heteroatoms. The molecular formula is C64H125NO5. The maximum atomic E-state index is 12.6. The summed E-state index contributed by atoms with van der Waals surface area (Å²) in [5.74, 6) is -0.591. The quantitative estimate of drug-likeness (QED) is 0.0308. The molecule has 0 spiro atoms. The molecule has 0 radical (unpaired) electrons. The van der Waals surface area contributed by atoms with Crippen LogP contribution in [0.15, 0.2) is 24.3 Å². The number of aliphatic hydroxyl groups is 4. The lowest BCUT2D eigenvalue weighted by molar-refractivity contribution is -0.132. The molecule has 0 fully saturated rings. The van der Waals surface area contributed by atoms with Gasteiger partial charge in [-0.15, -0.1) is 0 Å². The number of amides is 1. The SMILES string of the molecule is CCCCCCCCC/C=C/CC/C=C/CCCC(O)C(O)C(CO)NC(=O)C(O)CCCCCCCCCCCCCCCCCCCCCCCCCCCCCCCCCCCCCCCC. The van der Waals surface area contributed by atoms with E-state index in [1.54, 1.807) is 0 Å². The number of aliphatic hydroxyl groups excluding tert-OH is 4. The first kappa shape index (κ1) is 68.8. The van der Waals surface area contributed by atoms with Gasteiger partial charge in [0.05, 0.1) is 18.8 Å². The maximum absolute atomic E-state index is 12.6. The number of hydrogen-bond donors (Lipinski definition) is 5. The van der Waals surface area contributed by atoms with Crippen molar-refractivity contribution < 1.29 is 25.2 Å². The molecule has 70 heavy (non-hydrogen) atoms. The number of hydrogen-bond acceptors (Lipinski definition) is 5. The van der Waals surface area contributed by atoms with E-state index in [2.05, 4.69) is 43.5 Å². The van der Waals surface area contributed by atoms with Crippen molar-refractivity contribution in [3.05, 3.63) is 24.3 Å². The van der Waals surface area contributed by atoms with Crippen LogP contribution >= 0.6 is 0 Å². The Balaban J connectivity index is 3.50. The molecule has 0 rings (SSSR count). The van der Waals surface area contributed by atoms with Crippen LogP contribution in [0.25, 0.3) is 0 Å². The van der Waals surface area contributed by atoms with E-state index in [-0.39, 0.29) is 0 Å². The third-order valence-corrected chi connectivity index (χ3v) is 15.1. The molecule has 1 amide bonds. The minimum absolute atomic E-state index is 0.365. The molecule has 416 valence electrons. The van der Waals surface area contributed by atoms with Crippen LogP contribution in [0.4, 0.5) is 0 Å². The smallest absolute Gasteiger partial charge is 0.249 e. The van der Waals surface area contributed by atoms with Crippen molar-refractivity contribution in [3.63, 3.8) is 0 Å². The molecule has 0 aliphatic rings. The molecule has 4 unspecified atom stereocenters. The molecule has 0 saturated carbocycles. The van der Waals surface area contributed by atoms with Gasteiger partial charge in [0, 0.05) is 0 Å². The van der Waals surface area contributed by atoms with E-state index in [9.17, 15) is 25.2 Å². The number of rotatable bonds is 59. The van der Waals surface area contributed by atoms with Crippen molar-refractivity contribution in [2.45, 2.75) is 372 Å². The molecule has 5 N–H and O–H groups in total. The predicted octanol–water partition coefficient (Wildman–Crippen LogP) is 19.0. The summed E-state index contributed by atoms with van der Waals surface area (Å²) in [5.41, 5.74) is 0. The summed E-state index contributed by atoms with van der Waals surface area (Å²) in [4.78, 5) is 12.6. The van der Waals surface area contributed by atoms with Gasteiger partial charge in [0.15, 0.2) is 0 Å². The molecule has 0 aromatic heterocycles. The number of carbonyl (C=O) groups excluding carboxylic acids is 1. The number of nitrogens with one attached hydrogen (secondary N) is 1.